The molecule has 0 fully saturated rings. The van der Waals surface area contributed by atoms with E-state index in [0.29, 0.717) is 0 Å². The Kier molecular flexibility index (Phi) is 13.5. The Hall–Kier alpha value is -0.123. The first-order valence-electron chi connectivity index (χ1n) is 9.00. The number of hydrogen-bond donors (Lipinski definition) is 0. The molecule has 0 amide bonds. The van der Waals surface area contributed by atoms with E-state index in [1.165, 1.54) is 51.4 Å². The third kappa shape index (κ3) is 14.6. The van der Waals surface area contributed by atoms with Crippen LogP contribution >= 0.6 is 0 Å². The van der Waals surface area contributed by atoms with Gasteiger partial charge in [0.15, 0.2) is 0 Å². The maximum absolute atomic E-state index is 6.09. The standard InChI is InChI=1S/C18H38O2Si/c1-6-8-10-12-13-15-17-19-21(4,5)20-18(3)16-14-11-9-7-2/h14,16,18H,6-13,15,17H2,1-5H3/b16-14+. The minimum Gasteiger partial charge on any atom is -0.394 e. The largest absolute Gasteiger partial charge is 0.394 e. The fourth-order valence-corrected chi connectivity index (χ4v) is 4.01. The van der Waals surface area contributed by atoms with Crippen LogP contribution in [-0.2, 0) is 8.85 Å². The lowest BCUT2D eigenvalue weighted by molar-refractivity contribution is 0.153. The van der Waals surface area contributed by atoms with Crippen molar-refractivity contribution >= 4 is 8.56 Å². The van der Waals surface area contributed by atoms with Crippen LogP contribution < -0.4 is 0 Å². The molecule has 0 radical (unpaired) electrons. The van der Waals surface area contributed by atoms with Crippen molar-refractivity contribution < 1.29 is 8.85 Å². The second-order valence-corrected chi connectivity index (χ2v) is 9.73. The number of allylic oxidation sites excluding steroid dienone is 1. The molecule has 0 aliphatic rings. The van der Waals surface area contributed by atoms with Gasteiger partial charge in [-0.1, -0.05) is 70.9 Å². The zero-order valence-electron chi connectivity index (χ0n) is 15.1. The molecular weight excluding hydrogens is 276 g/mol. The fraction of sp³-hybridized carbons (Fsp3) is 0.889. The maximum atomic E-state index is 6.09. The van der Waals surface area contributed by atoms with Gasteiger partial charge in [-0.25, -0.2) is 0 Å². The normalized spacial score (nSPS) is 14.0. The zero-order valence-corrected chi connectivity index (χ0v) is 16.1. The molecule has 0 aromatic carbocycles. The van der Waals surface area contributed by atoms with Crippen molar-refractivity contribution in [2.45, 2.75) is 97.8 Å². The molecule has 0 aliphatic carbocycles. The predicted octanol–water partition coefficient (Wildman–Crippen LogP) is 6.22. The molecule has 0 bridgehead atoms. The van der Waals surface area contributed by atoms with E-state index in [0.717, 1.165) is 13.0 Å². The quantitative estimate of drug-likeness (QED) is 0.215. The van der Waals surface area contributed by atoms with Gasteiger partial charge in [0, 0.05) is 6.61 Å². The molecule has 0 saturated heterocycles. The van der Waals surface area contributed by atoms with Crippen molar-refractivity contribution in [1.82, 2.24) is 0 Å². The first-order chi connectivity index (χ1) is 10.0. The van der Waals surface area contributed by atoms with Crippen LogP contribution in [0.15, 0.2) is 12.2 Å². The molecule has 0 saturated carbocycles. The van der Waals surface area contributed by atoms with Gasteiger partial charge in [0.05, 0.1) is 6.10 Å². The minimum absolute atomic E-state index is 0.174. The molecule has 0 aliphatic heterocycles. The van der Waals surface area contributed by atoms with Crippen LogP contribution in [-0.4, -0.2) is 21.3 Å². The van der Waals surface area contributed by atoms with Gasteiger partial charge in [-0.3, -0.25) is 0 Å². The van der Waals surface area contributed by atoms with Gasteiger partial charge in [0.25, 0.3) is 0 Å². The zero-order chi connectivity index (χ0) is 16.0. The van der Waals surface area contributed by atoms with Gasteiger partial charge >= 0.3 is 8.56 Å². The highest BCUT2D eigenvalue weighted by Gasteiger charge is 2.26. The highest BCUT2D eigenvalue weighted by molar-refractivity contribution is 6.64. The molecule has 0 N–H and O–H groups in total. The highest BCUT2D eigenvalue weighted by atomic mass is 28.4. The second kappa shape index (κ2) is 13.5. The number of rotatable bonds is 14. The van der Waals surface area contributed by atoms with E-state index in [1.807, 2.05) is 0 Å². The van der Waals surface area contributed by atoms with Crippen LogP contribution in [0.5, 0.6) is 0 Å². The molecular formula is C18H38O2Si. The lowest BCUT2D eigenvalue weighted by Crippen LogP contribution is -2.38. The summed E-state index contributed by atoms with van der Waals surface area (Å²) in [5, 5.41) is 0. The van der Waals surface area contributed by atoms with Crippen molar-refractivity contribution in [2.24, 2.45) is 0 Å². The third-order valence-corrected chi connectivity index (χ3v) is 5.39. The summed E-state index contributed by atoms with van der Waals surface area (Å²) in [6.45, 7) is 11.8. The summed E-state index contributed by atoms with van der Waals surface area (Å²) < 4.78 is 12.1. The first kappa shape index (κ1) is 20.9. The van der Waals surface area contributed by atoms with Crippen LogP contribution in [0.2, 0.25) is 13.1 Å². The summed E-state index contributed by atoms with van der Waals surface area (Å²) in [4.78, 5) is 0. The summed E-state index contributed by atoms with van der Waals surface area (Å²) in [6.07, 6.45) is 16.1. The summed E-state index contributed by atoms with van der Waals surface area (Å²) in [6, 6.07) is 0. The minimum atomic E-state index is -1.96. The molecule has 0 aromatic heterocycles. The number of unbranched alkanes of at least 4 members (excludes halogenated alkanes) is 7. The van der Waals surface area contributed by atoms with Crippen molar-refractivity contribution in [3.63, 3.8) is 0 Å². The van der Waals surface area contributed by atoms with Gasteiger partial charge < -0.3 is 8.85 Å². The maximum Gasteiger partial charge on any atom is 0.332 e. The van der Waals surface area contributed by atoms with E-state index >= 15 is 0 Å². The van der Waals surface area contributed by atoms with Crippen LogP contribution in [0.3, 0.4) is 0 Å². The molecule has 3 heteroatoms. The Morgan fingerprint density at radius 2 is 1.52 bits per heavy atom. The van der Waals surface area contributed by atoms with Gasteiger partial charge in [-0.05, 0) is 32.9 Å². The monoisotopic (exact) mass is 314 g/mol. The Balaban J connectivity index is 3.69. The van der Waals surface area contributed by atoms with Crippen molar-refractivity contribution in [3.05, 3.63) is 12.2 Å². The van der Waals surface area contributed by atoms with Gasteiger partial charge in [0.1, 0.15) is 0 Å². The lowest BCUT2D eigenvalue weighted by Gasteiger charge is -2.25. The van der Waals surface area contributed by atoms with E-state index in [-0.39, 0.29) is 6.10 Å². The highest BCUT2D eigenvalue weighted by Crippen LogP contribution is 2.13. The van der Waals surface area contributed by atoms with E-state index in [1.54, 1.807) is 0 Å². The summed E-state index contributed by atoms with van der Waals surface area (Å²) >= 11 is 0. The summed E-state index contributed by atoms with van der Waals surface area (Å²) in [5.41, 5.74) is 0. The van der Waals surface area contributed by atoms with Crippen molar-refractivity contribution in [2.75, 3.05) is 6.61 Å². The molecule has 1 atom stereocenters. The molecule has 21 heavy (non-hydrogen) atoms. The third-order valence-electron chi connectivity index (χ3n) is 3.55. The van der Waals surface area contributed by atoms with Gasteiger partial charge in [0.2, 0.25) is 0 Å². The van der Waals surface area contributed by atoms with Crippen LogP contribution in [0, 0.1) is 0 Å². The lowest BCUT2D eigenvalue weighted by atomic mass is 10.1. The molecule has 0 aromatic rings. The Morgan fingerprint density at radius 1 is 0.905 bits per heavy atom. The van der Waals surface area contributed by atoms with Crippen LogP contribution in [0.1, 0.15) is 78.6 Å². The molecule has 0 rings (SSSR count). The van der Waals surface area contributed by atoms with E-state index in [2.05, 4.69) is 46.0 Å². The van der Waals surface area contributed by atoms with E-state index in [4.69, 9.17) is 8.85 Å². The SMILES string of the molecule is CCCC/C=C/C(C)O[Si](C)(C)OCCCCCCCC. The Morgan fingerprint density at radius 3 is 2.19 bits per heavy atom. The summed E-state index contributed by atoms with van der Waals surface area (Å²) in [5.74, 6) is 0. The summed E-state index contributed by atoms with van der Waals surface area (Å²) in [7, 11) is -1.96. The van der Waals surface area contributed by atoms with E-state index in [9.17, 15) is 0 Å². The van der Waals surface area contributed by atoms with Crippen LogP contribution in [0.25, 0.3) is 0 Å². The van der Waals surface area contributed by atoms with Crippen molar-refractivity contribution in [3.8, 4) is 0 Å². The second-order valence-electron chi connectivity index (χ2n) is 6.41. The molecule has 2 nitrogen and oxygen atoms in total. The average molecular weight is 315 g/mol. The average Bonchev–Trinajstić information content (AvgIpc) is 2.42. The molecule has 0 heterocycles. The topological polar surface area (TPSA) is 18.5 Å². The smallest absolute Gasteiger partial charge is 0.332 e. The van der Waals surface area contributed by atoms with E-state index < -0.39 is 8.56 Å². The molecule has 0 spiro atoms. The van der Waals surface area contributed by atoms with Crippen LogP contribution in [0.4, 0.5) is 0 Å². The van der Waals surface area contributed by atoms with Crippen molar-refractivity contribution in [1.29, 1.82) is 0 Å². The number of hydrogen-bond acceptors (Lipinski definition) is 2. The Labute approximate surface area is 134 Å². The fourth-order valence-electron chi connectivity index (χ4n) is 2.33. The molecule has 126 valence electrons. The Bertz CT molecular complexity index is 252. The first-order valence-corrected chi connectivity index (χ1v) is 11.8. The van der Waals surface area contributed by atoms with Gasteiger partial charge in [-0.15, -0.1) is 0 Å². The molecule has 1 unspecified atom stereocenters. The predicted molar refractivity (Wildman–Crippen MR) is 96.0 cm³/mol. The van der Waals surface area contributed by atoms with Gasteiger partial charge in [-0.2, -0.15) is 0 Å².